The number of ether oxygens (including phenoxy) is 4. The van der Waals surface area contributed by atoms with Crippen LogP contribution in [0.3, 0.4) is 0 Å². The number of thioether (sulfide) groups is 1. The maximum atomic E-state index is 13.0. The molecule has 0 aromatic heterocycles. The summed E-state index contributed by atoms with van der Waals surface area (Å²) in [6.45, 7) is 2.11. The third kappa shape index (κ3) is 5.35. The average Bonchev–Trinajstić information content (AvgIpc) is 3.15. The van der Waals surface area contributed by atoms with Crippen LogP contribution >= 0.6 is 24.0 Å². The molecule has 0 aliphatic carbocycles. The van der Waals surface area contributed by atoms with E-state index in [1.54, 1.807) is 60.6 Å². The van der Waals surface area contributed by atoms with Gasteiger partial charge in [-0.2, -0.15) is 0 Å². The first kappa shape index (κ1) is 24.1. The Balaban J connectivity index is 1.46. The maximum Gasteiger partial charge on any atom is 0.270 e. The van der Waals surface area contributed by atoms with Crippen molar-refractivity contribution in [1.29, 1.82) is 0 Å². The highest BCUT2D eigenvalue weighted by atomic mass is 32.2. The van der Waals surface area contributed by atoms with Crippen molar-refractivity contribution in [2.75, 3.05) is 52.0 Å². The highest BCUT2D eigenvalue weighted by Crippen LogP contribution is 2.37. The Bertz CT molecular complexity index is 1110. The molecule has 2 heterocycles. The summed E-state index contributed by atoms with van der Waals surface area (Å²) < 4.78 is 22.1. The van der Waals surface area contributed by atoms with Crippen molar-refractivity contribution in [3.63, 3.8) is 0 Å². The van der Waals surface area contributed by atoms with E-state index in [1.165, 1.54) is 23.8 Å². The smallest absolute Gasteiger partial charge is 0.270 e. The van der Waals surface area contributed by atoms with Gasteiger partial charge in [-0.1, -0.05) is 30.0 Å². The van der Waals surface area contributed by atoms with Crippen LogP contribution in [0.2, 0.25) is 0 Å². The molecule has 0 N–H and O–H groups in total. The van der Waals surface area contributed by atoms with Gasteiger partial charge in [-0.05, 0) is 48.0 Å². The Hall–Kier alpha value is -3.08. The minimum Gasteiger partial charge on any atom is -0.497 e. The van der Waals surface area contributed by atoms with E-state index in [0.29, 0.717) is 58.5 Å². The second kappa shape index (κ2) is 10.9. The lowest BCUT2D eigenvalue weighted by Crippen LogP contribution is -2.43. The summed E-state index contributed by atoms with van der Waals surface area (Å²) in [5, 5.41) is 0. The number of anilines is 1. The number of carbonyl (C=O) groups excluding carboxylic acids is 2. The standard InChI is InChI=1S/C24H24N2O6S2/c1-29-18-6-4-17(5-7-18)26-23(28)21(34-24(26)33)14-16-3-8-19(20(13-16)30-2)32-15-22(27)25-9-11-31-12-10-25/h3-8,13-14H,9-12,15H2,1-2H3/b21-14+. The highest BCUT2D eigenvalue weighted by molar-refractivity contribution is 8.27. The lowest BCUT2D eigenvalue weighted by Gasteiger charge is -2.26. The summed E-state index contributed by atoms with van der Waals surface area (Å²) in [6, 6.07) is 12.4. The van der Waals surface area contributed by atoms with Crippen molar-refractivity contribution < 1.29 is 28.5 Å². The van der Waals surface area contributed by atoms with Crippen molar-refractivity contribution in [3.8, 4) is 17.2 Å². The number of hydrogen-bond donors (Lipinski definition) is 0. The van der Waals surface area contributed by atoms with Gasteiger partial charge >= 0.3 is 0 Å². The third-order valence-corrected chi connectivity index (χ3v) is 6.63. The van der Waals surface area contributed by atoms with E-state index < -0.39 is 0 Å². The van der Waals surface area contributed by atoms with Crippen LogP contribution in [0.1, 0.15) is 5.56 Å². The number of amides is 2. The molecule has 0 spiro atoms. The number of methoxy groups -OCH3 is 2. The van der Waals surface area contributed by atoms with Crippen molar-refractivity contribution >= 4 is 51.9 Å². The zero-order valence-electron chi connectivity index (χ0n) is 18.8. The molecule has 178 valence electrons. The quantitative estimate of drug-likeness (QED) is 0.423. The molecule has 2 aliphatic heterocycles. The highest BCUT2D eigenvalue weighted by Gasteiger charge is 2.33. The monoisotopic (exact) mass is 500 g/mol. The van der Waals surface area contributed by atoms with Gasteiger partial charge in [-0.15, -0.1) is 0 Å². The molecule has 0 saturated carbocycles. The Kier molecular flexibility index (Phi) is 7.71. The first-order valence-corrected chi connectivity index (χ1v) is 11.8. The second-order valence-electron chi connectivity index (χ2n) is 7.41. The van der Waals surface area contributed by atoms with Gasteiger partial charge in [0.25, 0.3) is 11.8 Å². The Morgan fingerprint density at radius 2 is 1.82 bits per heavy atom. The van der Waals surface area contributed by atoms with E-state index in [-0.39, 0.29) is 18.4 Å². The molecule has 2 aliphatic rings. The predicted octanol–water partition coefficient (Wildman–Crippen LogP) is 3.35. The molecule has 4 rings (SSSR count). The predicted molar refractivity (Wildman–Crippen MR) is 135 cm³/mol. The fraction of sp³-hybridized carbons (Fsp3) is 0.292. The first-order valence-electron chi connectivity index (χ1n) is 10.6. The Labute approximate surface area is 207 Å². The van der Waals surface area contributed by atoms with E-state index in [0.717, 1.165) is 5.56 Å². The van der Waals surface area contributed by atoms with Crippen molar-refractivity contribution in [2.24, 2.45) is 0 Å². The Morgan fingerprint density at radius 3 is 2.50 bits per heavy atom. The second-order valence-corrected chi connectivity index (χ2v) is 9.08. The van der Waals surface area contributed by atoms with Crippen LogP contribution in [-0.2, 0) is 14.3 Å². The number of thiocarbonyl (C=S) groups is 1. The van der Waals surface area contributed by atoms with Crippen LogP contribution in [0.4, 0.5) is 5.69 Å². The zero-order chi connectivity index (χ0) is 24.1. The van der Waals surface area contributed by atoms with Gasteiger partial charge in [-0.25, -0.2) is 0 Å². The van der Waals surface area contributed by atoms with Crippen molar-refractivity contribution in [1.82, 2.24) is 4.90 Å². The lowest BCUT2D eigenvalue weighted by molar-refractivity contribution is -0.137. The minimum atomic E-state index is -0.199. The number of hydrogen-bond acceptors (Lipinski definition) is 8. The van der Waals surface area contributed by atoms with Gasteiger partial charge < -0.3 is 23.8 Å². The molecule has 2 saturated heterocycles. The summed E-state index contributed by atoms with van der Waals surface area (Å²) in [4.78, 5) is 29.1. The summed E-state index contributed by atoms with van der Waals surface area (Å²) in [6.07, 6.45) is 1.76. The van der Waals surface area contributed by atoms with Crippen LogP contribution < -0.4 is 19.1 Å². The van der Waals surface area contributed by atoms with Gasteiger partial charge in [-0.3, -0.25) is 14.5 Å². The van der Waals surface area contributed by atoms with Gasteiger partial charge in [0.15, 0.2) is 22.4 Å². The summed E-state index contributed by atoms with van der Waals surface area (Å²) >= 11 is 6.68. The first-order chi connectivity index (χ1) is 16.5. The maximum absolute atomic E-state index is 13.0. The molecular weight excluding hydrogens is 476 g/mol. The fourth-order valence-corrected chi connectivity index (χ4v) is 4.81. The molecule has 2 fully saturated rings. The van der Waals surface area contributed by atoms with Gasteiger partial charge in [0, 0.05) is 13.1 Å². The largest absolute Gasteiger partial charge is 0.497 e. The van der Waals surface area contributed by atoms with E-state index in [4.69, 9.17) is 31.2 Å². The molecule has 0 radical (unpaired) electrons. The van der Waals surface area contributed by atoms with Gasteiger partial charge in [0.2, 0.25) is 0 Å². The van der Waals surface area contributed by atoms with E-state index in [2.05, 4.69) is 0 Å². The van der Waals surface area contributed by atoms with E-state index >= 15 is 0 Å². The molecular formula is C24H24N2O6S2. The third-order valence-electron chi connectivity index (χ3n) is 5.32. The summed E-state index contributed by atoms with van der Waals surface area (Å²) in [7, 11) is 3.11. The number of nitrogens with zero attached hydrogens (tertiary/aromatic N) is 2. The molecule has 2 aromatic carbocycles. The van der Waals surface area contributed by atoms with E-state index in [9.17, 15) is 9.59 Å². The fourth-order valence-electron chi connectivity index (χ4n) is 3.51. The SMILES string of the molecule is COc1ccc(N2C(=O)/C(=C\c3ccc(OCC(=O)N4CCOCC4)c(OC)c3)SC2=S)cc1. The normalized spacial score (nSPS) is 17.3. The molecule has 8 nitrogen and oxygen atoms in total. The molecule has 2 aromatic rings. The van der Waals surface area contributed by atoms with Gasteiger partial charge in [0.1, 0.15) is 5.75 Å². The van der Waals surface area contributed by atoms with Crippen LogP contribution in [0, 0.1) is 0 Å². The average molecular weight is 501 g/mol. The van der Waals surface area contributed by atoms with E-state index in [1.807, 2.05) is 0 Å². The van der Waals surface area contributed by atoms with Crippen molar-refractivity contribution in [3.05, 3.63) is 52.9 Å². The summed E-state index contributed by atoms with van der Waals surface area (Å²) in [5.41, 5.74) is 1.43. The molecule has 2 amide bonds. The number of morpholine rings is 1. The zero-order valence-corrected chi connectivity index (χ0v) is 20.4. The van der Waals surface area contributed by atoms with Crippen LogP contribution in [0.5, 0.6) is 17.2 Å². The number of benzene rings is 2. The van der Waals surface area contributed by atoms with Crippen LogP contribution in [-0.4, -0.2) is 68.2 Å². The summed E-state index contributed by atoms with van der Waals surface area (Å²) in [5.74, 6) is 1.32. The van der Waals surface area contributed by atoms with Crippen molar-refractivity contribution in [2.45, 2.75) is 0 Å². The topological polar surface area (TPSA) is 77.5 Å². The molecule has 0 bridgehead atoms. The number of rotatable bonds is 7. The molecule has 34 heavy (non-hydrogen) atoms. The van der Waals surface area contributed by atoms with Crippen LogP contribution in [0.25, 0.3) is 6.08 Å². The number of carbonyl (C=O) groups is 2. The molecule has 0 atom stereocenters. The molecule has 10 heteroatoms. The van der Waals surface area contributed by atoms with Gasteiger partial charge in [0.05, 0.1) is 38.0 Å². The Morgan fingerprint density at radius 1 is 1.09 bits per heavy atom. The minimum absolute atomic E-state index is 0.0871. The molecule has 0 unspecified atom stereocenters. The van der Waals surface area contributed by atoms with Crippen LogP contribution in [0.15, 0.2) is 47.4 Å². The lowest BCUT2D eigenvalue weighted by atomic mass is 10.1.